The molecule has 0 saturated carbocycles. The number of halogens is 2. The number of nitro benzene ring substituents is 1. The van der Waals surface area contributed by atoms with Gasteiger partial charge in [0.1, 0.15) is 0 Å². The second-order valence-electron chi connectivity index (χ2n) is 7.43. The Balaban J connectivity index is 1.73. The summed E-state index contributed by atoms with van der Waals surface area (Å²) in [7, 11) is 0. The Morgan fingerprint density at radius 2 is 1.90 bits per heavy atom. The van der Waals surface area contributed by atoms with Crippen molar-refractivity contribution in [2.75, 3.05) is 0 Å². The smallest absolute Gasteiger partial charge is 0.269 e. The van der Waals surface area contributed by atoms with Crippen LogP contribution in [0, 0.1) is 10.1 Å². The van der Waals surface area contributed by atoms with Crippen molar-refractivity contribution in [3.05, 3.63) is 84.5 Å². The van der Waals surface area contributed by atoms with E-state index < -0.39 is 0 Å². The monoisotopic (exact) mass is 473 g/mol. The molecule has 5 nitrogen and oxygen atoms in total. The molecular weight excluding hydrogens is 453 g/mol. The highest BCUT2D eigenvalue weighted by Gasteiger charge is 2.12. The largest absolute Gasteiger partial charge is 0.316 e. The Bertz CT molecular complexity index is 1200. The summed E-state index contributed by atoms with van der Waals surface area (Å²) < 4.78 is 2.18. The number of nitro groups is 1. The van der Waals surface area contributed by atoms with Crippen molar-refractivity contribution in [1.29, 1.82) is 0 Å². The fourth-order valence-electron chi connectivity index (χ4n) is 3.67. The average Bonchev–Trinajstić information content (AvgIpc) is 3.18. The molecule has 1 aromatic heterocycles. The molecule has 1 aliphatic rings. The van der Waals surface area contributed by atoms with E-state index in [2.05, 4.69) is 10.6 Å². The molecule has 3 aromatic rings. The number of thiazole rings is 1. The van der Waals surface area contributed by atoms with E-state index in [-0.39, 0.29) is 10.6 Å². The molecule has 31 heavy (non-hydrogen) atoms. The zero-order valence-corrected chi connectivity index (χ0v) is 19.1. The first-order chi connectivity index (χ1) is 15.0. The first-order valence-corrected chi connectivity index (χ1v) is 11.8. The van der Waals surface area contributed by atoms with Gasteiger partial charge >= 0.3 is 0 Å². The lowest BCUT2D eigenvalue weighted by Gasteiger charge is -2.14. The normalized spacial score (nSPS) is 14.5. The highest BCUT2D eigenvalue weighted by molar-refractivity contribution is 7.07. The number of rotatable bonds is 6. The molecule has 2 aromatic carbocycles. The topological polar surface area (TPSA) is 60.4 Å². The molecule has 4 rings (SSSR count). The highest BCUT2D eigenvalue weighted by atomic mass is 35.5. The second kappa shape index (κ2) is 9.81. The van der Waals surface area contributed by atoms with Gasteiger partial charge in [-0.15, -0.1) is 11.3 Å². The van der Waals surface area contributed by atoms with E-state index in [1.807, 2.05) is 11.4 Å². The van der Waals surface area contributed by atoms with Gasteiger partial charge in [0.05, 0.1) is 26.3 Å². The van der Waals surface area contributed by atoms with Gasteiger partial charge in [0.15, 0.2) is 4.80 Å². The number of allylic oxidation sites excluding steroid dienone is 2. The van der Waals surface area contributed by atoms with E-state index in [1.165, 1.54) is 41.9 Å². The maximum Gasteiger partial charge on any atom is 0.269 e. The van der Waals surface area contributed by atoms with Crippen molar-refractivity contribution >= 4 is 45.9 Å². The molecule has 8 heteroatoms. The Kier molecular flexibility index (Phi) is 6.90. The Morgan fingerprint density at radius 1 is 1.10 bits per heavy atom. The summed E-state index contributed by atoms with van der Waals surface area (Å²) in [4.78, 5) is 16.3. The minimum atomic E-state index is -0.383. The third-order valence-corrected chi connectivity index (χ3v) is 6.94. The lowest BCUT2D eigenvalue weighted by Crippen LogP contribution is -2.16. The lowest BCUT2D eigenvalue weighted by molar-refractivity contribution is -0.384. The zero-order chi connectivity index (χ0) is 21.8. The zero-order valence-electron chi connectivity index (χ0n) is 16.8. The summed E-state index contributed by atoms with van der Waals surface area (Å²) in [6, 6.07) is 12.0. The Morgan fingerprint density at radius 3 is 2.58 bits per heavy atom. The van der Waals surface area contributed by atoms with Crippen LogP contribution in [0.5, 0.6) is 0 Å². The van der Waals surface area contributed by atoms with Crippen molar-refractivity contribution in [2.24, 2.45) is 4.99 Å². The number of non-ortho nitro benzene ring substituents is 1. The third kappa shape index (κ3) is 5.26. The van der Waals surface area contributed by atoms with Crippen LogP contribution in [0.15, 0.2) is 64.5 Å². The number of hydrogen-bond acceptors (Lipinski definition) is 4. The van der Waals surface area contributed by atoms with Crippen LogP contribution in [-0.4, -0.2) is 9.49 Å². The van der Waals surface area contributed by atoms with Crippen LogP contribution in [0.3, 0.4) is 0 Å². The summed E-state index contributed by atoms with van der Waals surface area (Å²) in [6.07, 6.45) is 8.14. The van der Waals surface area contributed by atoms with Gasteiger partial charge in [0, 0.05) is 24.1 Å². The molecule has 160 valence electrons. The number of aromatic nitrogens is 1. The van der Waals surface area contributed by atoms with Gasteiger partial charge in [-0.25, -0.2) is 4.99 Å². The molecule has 0 fully saturated rings. The molecule has 0 bridgehead atoms. The van der Waals surface area contributed by atoms with Gasteiger partial charge in [-0.05, 0) is 68.0 Å². The molecule has 0 atom stereocenters. The summed E-state index contributed by atoms with van der Waals surface area (Å²) in [5.74, 6) is 0. The maximum absolute atomic E-state index is 11.0. The summed E-state index contributed by atoms with van der Waals surface area (Å²) >= 11 is 13.7. The van der Waals surface area contributed by atoms with Gasteiger partial charge in [-0.1, -0.05) is 34.9 Å². The van der Waals surface area contributed by atoms with Gasteiger partial charge in [-0.3, -0.25) is 10.1 Å². The van der Waals surface area contributed by atoms with Crippen LogP contribution in [0.1, 0.15) is 32.1 Å². The van der Waals surface area contributed by atoms with Gasteiger partial charge in [-0.2, -0.15) is 0 Å². The van der Waals surface area contributed by atoms with E-state index >= 15 is 0 Å². The van der Waals surface area contributed by atoms with E-state index in [9.17, 15) is 10.1 Å². The summed E-state index contributed by atoms with van der Waals surface area (Å²) in [5, 5.41) is 14.0. The van der Waals surface area contributed by atoms with Crippen molar-refractivity contribution in [3.63, 3.8) is 0 Å². The standard InChI is InChI=1S/C23H21Cl2N3O2S/c24-20-11-8-18(14-21(20)25)26-23-27(13-12-16-4-2-1-3-5-16)22(15-31-23)17-6-9-19(10-7-17)28(29)30/h4,6-11,14-15H,1-3,5,12-13H2. The number of nitrogens with zero attached hydrogens (tertiary/aromatic N) is 3. The maximum atomic E-state index is 11.0. The van der Waals surface area contributed by atoms with Crippen molar-refractivity contribution in [3.8, 4) is 11.3 Å². The first-order valence-electron chi connectivity index (χ1n) is 10.1. The van der Waals surface area contributed by atoms with E-state index in [1.54, 1.807) is 24.3 Å². The lowest BCUT2D eigenvalue weighted by atomic mass is 9.97. The molecule has 0 radical (unpaired) electrons. The summed E-state index contributed by atoms with van der Waals surface area (Å²) in [5.41, 5.74) is 4.22. The second-order valence-corrected chi connectivity index (χ2v) is 9.08. The minimum Gasteiger partial charge on any atom is -0.316 e. The first kappa shape index (κ1) is 21.8. The van der Waals surface area contributed by atoms with E-state index in [0.717, 1.165) is 47.6 Å². The van der Waals surface area contributed by atoms with E-state index in [4.69, 9.17) is 28.2 Å². The number of hydrogen-bond donors (Lipinski definition) is 0. The SMILES string of the molecule is O=[N+]([O-])c1ccc(-c2csc(=Nc3ccc(Cl)c(Cl)c3)n2CCC2=CCCCC2)cc1. The van der Waals surface area contributed by atoms with Gasteiger partial charge in [0.2, 0.25) is 0 Å². The quantitative estimate of drug-likeness (QED) is 0.210. The predicted molar refractivity (Wildman–Crippen MR) is 127 cm³/mol. The van der Waals surface area contributed by atoms with Crippen molar-refractivity contribution in [1.82, 2.24) is 4.57 Å². The molecule has 0 aliphatic heterocycles. The Labute approximate surface area is 194 Å². The fourth-order valence-corrected chi connectivity index (χ4v) is 4.92. The minimum absolute atomic E-state index is 0.0820. The van der Waals surface area contributed by atoms with Crippen molar-refractivity contribution < 1.29 is 4.92 Å². The van der Waals surface area contributed by atoms with E-state index in [0.29, 0.717) is 10.0 Å². The molecule has 0 saturated heterocycles. The number of benzene rings is 2. The molecule has 1 heterocycles. The van der Waals surface area contributed by atoms with Gasteiger partial charge < -0.3 is 4.57 Å². The fraction of sp³-hybridized carbons (Fsp3) is 0.261. The van der Waals surface area contributed by atoms with Crippen LogP contribution in [0.25, 0.3) is 11.3 Å². The predicted octanol–water partition coefficient (Wildman–Crippen LogP) is 7.55. The van der Waals surface area contributed by atoms with Crippen LogP contribution < -0.4 is 4.80 Å². The molecule has 0 spiro atoms. The molecular formula is C23H21Cl2N3O2S. The van der Waals surface area contributed by atoms with Crippen LogP contribution >= 0.6 is 34.5 Å². The molecule has 1 aliphatic carbocycles. The van der Waals surface area contributed by atoms with Gasteiger partial charge in [0.25, 0.3) is 5.69 Å². The van der Waals surface area contributed by atoms with Crippen LogP contribution in [0.2, 0.25) is 10.0 Å². The molecule has 0 N–H and O–H groups in total. The third-order valence-electron chi connectivity index (χ3n) is 5.34. The average molecular weight is 474 g/mol. The van der Waals surface area contributed by atoms with Crippen molar-refractivity contribution in [2.45, 2.75) is 38.6 Å². The van der Waals surface area contributed by atoms with Crippen LogP contribution in [0.4, 0.5) is 11.4 Å². The summed E-state index contributed by atoms with van der Waals surface area (Å²) in [6.45, 7) is 0.793. The van der Waals surface area contributed by atoms with Crippen LogP contribution in [-0.2, 0) is 6.54 Å². The Hall–Kier alpha value is -2.41. The molecule has 0 amide bonds. The highest BCUT2D eigenvalue weighted by Crippen LogP contribution is 2.28. The molecule has 0 unspecified atom stereocenters.